The third-order valence-corrected chi connectivity index (χ3v) is 5.94. The number of likely N-dealkylation sites (tertiary alicyclic amines) is 1. The van der Waals surface area contributed by atoms with E-state index in [1.54, 1.807) is 6.20 Å². The van der Waals surface area contributed by atoms with Crippen molar-refractivity contribution in [2.24, 2.45) is 0 Å². The molecule has 1 saturated heterocycles. The number of nitrogens with one attached hydrogen (secondary N) is 3. The third-order valence-electron chi connectivity index (χ3n) is 5.94. The number of aromatic amines is 1. The Bertz CT molecular complexity index is 1210. The summed E-state index contributed by atoms with van der Waals surface area (Å²) in [7, 11) is 0. The van der Waals surface area contributed by atoms with Crippen LogP contribution in [0.25, 0.3) is 10.9 Å². The molecule has 4 aromatic rings. The van der Waals surface area contributed by atoms with E-state index in [0.717, 1.165) is 56.0 Å². The zero-order valence-electron chi connectivity index (χ0n) is 18.0. The van der Waals surface area contributed by atoms with Crippen LogP contribution in [0.1, 0.15) is 28.9 Å². The van der Waals surface area contributed by atoms with Gasteiger partial charge in [0.05, 0.1) is 0 Å². The first-order valence-electron chi connectivity index (χ1n) is 11.2. The smallest absolute Gasteiger partial charge is 0.272 e. The number of nitrogens with zero attached hydrogens (tertiary/aromatic N) is 2. The molecule has 2 aromatic carbocycles. The van der Waals surface area contributed by atoms with Crippen LogP contribution < -0.4 is 10.6 Å². The Kier molecular flexibility index (Phi) is 5.75. The molecule has 0 atom stereocenters. The molecule has 6 nitrogen and oxygen atoms in total. The second kappa shape index (κ2) is 9.14. The minimum Gasteiger partial charge on any atom is -0.385 e. The predicted octanol–water partition coefficient (Wildman–Crippen LogP) is 5.20. The van der Waals surface area contributed by atoms with Gasteiger partial charge in [-0.05, 0) is 67.3 Å². The summed E-state index contributed by atoms with van der Waals surface area (Å²) in [6.07, 6.45) is 6.88. The van der Waals surface area contributed by atoms with Crippen molar-refractivity contribution in [3.8, 4) is 0 Å². The number of fused-ring (bicyclic) bond motifs is 1. The zero-order chi connectivity index (χ0) is 21.8. The first-order chi connectivity index (χ1) is 15.8. The summed E-state index contributed by atoms with van der Waals surface area (Å²) in [5, 5.41) is 8.15. The average Bonchev–Trinajstić information content (AvgIpc) is 3.51. The van der Waals surface area contributed by atoms with Gasteiger partial charge in [0.25, 0.3) is 5.91 Å². The van der Waals surface area contributed by atoms with Crippen molar-refractivity contribution in [2.75, 3.05) is 30.3 Å². The standard InChI is InChI=1S/C26H27N5O/c32-26(31-15-3-4-16-31)25-17-22(12-14-28-25)30-21-9-7-20(8-10-21)27-13-11-19-18-29-24-6-2-1-5-23(19)24/h1-2,5-10,12,14,17-18,27,29H,3-4,11,13,15-16H2,(H,28,30). The molecule has 0 bridgehead atoms. The van der Waals surface area contributed by atoms with Gasteiger partial charge in [-0.3, -0.25) is 9.78 Å². The number of rotatable bonds is 7. The van der Waals surface area contributed by atoms with Gasteiger partial charge in [-0.15, -0.1) is 0 Å². The fraction of sp³-hybridized carbons (Fsp3) is 0.231. The largest absolute Gasteiger partial charge is 0.385 e. The van der Waals surface area contributed by atoms with E-state index in [-0.39, 0.29) is 5.91 Å². The van der Waals surface area contributed by atoms with Gasteiger partial charge >= 0.3 is 0 Å². The van der Waals surface area contributed by atoms with Crippen molar-refractivity contribution in [1.82, 2.24) is 14.9 Å². The molecule has 0 aliphatic carbocycles. The Hall–Kier alpha value is -3.80. The second-order valence-electron chi connectivity index (χ2n) is 8.17. The monoisotopic (exact) mass is 425 g/mol. The van der Waals surface area contributed by atoms with Crippen molar-refractivity contribution in [1.29, 1.82) is 0 Å². The Morgan fingerprint density at radius 1 is 0.969 bits per heavy atom. The SMILES string of the molecule is O=C(c1cc(Nc2ccc(NCCc3c[nH]c4ccccc34)cc2)ccn1)N1CCCC1. The Morgan fingerprint density at radius 2 is 1.75 bits per heavy atom. The molecule has 1 fully saturated rings. The highest BCUT2D eigenvalue weighted by molar-refractivity contribution is 5.93. The number of anilines is 3. The van der Waals surface area contributed by atoms with Gasteiger partial charge in [-0.2, -0.15) is 0 Å². The summed E-state index contributed by atoms with van der Waals surface area (Å²) in [6.45, 7) is 2.51. The Labute approximate surface area is 187 Å². The number of hydrogen-bond acceptors (Lipinski definition) is 4. The topological polar surface area (TPSA) is 73.0 Å². The summed E-state index contributed by atoms with van der Waals surface area (Å²) in [5.41, 5.74) is 5.91. The van der Waals surface area contributed by atoms with E-state index in [2.05, 4.69) is 63.2 Å². The van der Waals surface area contributed by atoms with Crippen molar-refractivity contribution < 1.29 is 4.79 Å². The number of carbonyl (C=O) groups excluding carboxylic acids is 1. The molecule has 0 unspecified atom stereocenters. The molecule has 0 spiro atoms. The van der Waals surface area contributed by atoms with Gasteiger partial charge in [0, 0.05) is 60.0 Å². The zero-order valence-corrected chi connectivity index (χ0v) is 18.0. The van der Waals surface area contributed by atoms with E-state index < -0.39 is 0 Å². The van der Waals surface area contributed by atoms with Crippen LogP contribution in [-0.2, 0) is 6.42 Å². The van der Waals surface area contributed by atoms with Gasteiger partial charge in [0.15, 0.2) is 0 Å². The highest BCUT2D eigenvalue weighted by Gasteiger charge is 2.20. The molecule has 6 heteroatoms. The molecule has 1 amide bonds. The number of benzene rings is 2. The van der Waals surface area contributed by atoms with Crippen LogP contribution in [0.2, 0.25) is 0 Å². The van der Waals surface area contributed by atoms with E-state index in [9.17, 15) is 4.79 Å². The van der Waals surface area contributed by atoms with E-state index >= 15 is 0 Å². The number of carbonyl (C=O) groups is 1. The van der Waals surface area contributed by atoms with Crippen LogP contribution in [0.5, 0.6) is 0 Å². The summed E-state index contributed by atoms with van der Waals surface area (Å²) in [6, 6.07) is 20.3. The minimum atomic E-state index is 0.0147. The second-order valence-corrected chi connectivity index (χ2v) is 8.17. The van der Waals surface area contributed by atoms with Crippen molar-refractivity contribution >= 4 is 33.9 Å². The molecule has 2 aromatic heterocycles. The maximum absolute atomic E-state index is 12.6. The number of para-hydroxylation sites is 1. The van der Waals surface area contributed by atoms with Crippen LogP contribution in [0.3, 0.4) is 0 Å². The molecule has 3 heterocycles. The van der Waals surface area contributed by atoms with Gasteiger partial charge in [-0.1, -0.05) is 18.2 Å². The van der Waals surface area contributed by atoms with Crippen molar-refractivity contribution in [3.05, 3.63) is 84.3 Å². The van der Waals surface area contributed by atoms with Gasteiger partial charge < -0.3 is 20.5 Å². The minimum absolute atomic E-state index is 0.0147. The highest BCUT2D eigenvalue weighted by atomic mass is 16.2. The van der Waals surface area contributed by atoms with E-state index in [1.165, 1.54) is 16.5 Å². The van der Waals surface area contributed by atoms with Crippen LogP contribution in [-0.4, -0.2) is 40.4 Å². The summed E-state index contributed by atoms with van der Waals surface area (Å²) < 4.78 is 0. The van der Waals surface area contributed by atoms with Gasteiger partial charge in [0.2, 0.25) is 0 Å². The fourth-order valence-electron chi connectivity index (χ4n) is 4.23. The first-order valence-corrected chi connectivity index (χ1v) is 11.2. The molecule has 0 radical (unpaired) electrons. The summed E-state index contributed by atoms with van der Waals surface area (Å²) >= 11 is 0. The van der Waals surface area contributed by atoms with Crippen LogP contribution in [0.15, 0.2) is 73.1 Å². The van der Waals surface area contributed by atoms with E-state index in [0.29, 0.717) is 5.69 Å². The maximum Gasteiger partial charge on any atom is 0.272 e. The maximum atomic E-state index is 12.6. The predicted molar refractivity (Wildman–Crippen MR) is 130 cm³/mol. The summed E-state index contributed by atoms with van der Waals surface area (Å²) in [5.74, 6) is 0.0147. The third kappa shape index (κ3) is 4.44. The quantitative estimate of drug-likeness (QED) is 0.381. The van der Waals surface area contributed by atoms with E-state index in [4.69, 9.17) is 0 Å². The number of pyridine rings is 1. The average molecular weight is 426 g/mol. The molecule has 32 heavy (non-hydrogen) atoms. The Balaban J connectivity index is 1.17. The van der Waals surface area contributed by atoms with Crippen molar-refractivity contribution in [3.63, 3.8) is 0 Å². The highest BCUT2D eigenvalue weighted by Crippen LogP contribution is 2.21. The molecule has 1 aliphatic rings. The van der Waals surface area contributed by atoms with Crippen LogP contribution in [0, 0.1) is 0 Å². The normalized spacial score (nSPS) is 13.4. The molecular formula is C26H27N5O. The molecule has 5 rings (SSSR count). The van der Waals surface area contributed by atoms with Crippen molar-refractivity contribution in [2.45, 2.75) is 19.3 Å². The lowest BCUT2D eigenvalue weighted by molar-refractivity contribution is 0.0787. The lowest BCUT2D eigenvalue weighted by Gasteiger charge is -2.15. The number of H-pyrrole nitrogens is 1. The van der Waals surface area contributed by atoms with Crippen LogP contribution >= 0.6 is 0 Å². The lowest BCUT2D eigenvalue weighted by atomic mass is 10.1. The van der Waals surface area contributed by atoms with Crippen LogP contribution in [0.4, 0.5) is 17.1 Å². The molecular weight excluding hydrogens is 398 g/mol. The first kappa shape index (κ1) is 20.1. The molecule has 1 aliphatic heterocycles. The molecule has 162 valence electrons. The molecule has 0 saturated carbocycles. The van der Waals surface area contributed by atoms with E-state index in [1.807, 2.05) is 29.2 Å². The number of amides is 1. The number of hydrogen-bond donors (Lipinski definition) is 3. The number of aromatic nitrogens is 2. The van der Waals surface area contributed by atoms with Gasteiger partial charge in [0.1, 0.15) is 5.69 Å². The lowest BCUT2D eigenvalue weighted by Crippen LogP contribution is -2.28. The summed E-state index contributed by atoms with van der Waals surface area (Å²) in [4.78, 5) is 22.1. The van der Waals surface area contributed by atoms with Gasteiger partial charge in [-0.25, -0.2) is 0 Å². The fourth-order valence-corrected chi connectivity index (χ4v) is 4.23. The Morgan fingerprint density at radius 3 is 2.59 bits per heavy atom. The molecule has 3 N–H and O–H groups in total.